The lowest BCUT2D eigenvalue weighted by molar-refractivity contribution is 0.104. The average molecular weight is 305 g/mol. The summed E-state index contributed by atoms with van der Waals surface area (Å²) >= 11 is 0. The molecule has 0 saturated carbocycles. The second-order valence-corrected chi connectivity index (χ2v) is 8.48. The van der Waals surface area contributed by atoms with E-state index in [-0.39, 0.29) is 0 Å². The Kier molecular flexibility index (Phi) is 14.1. The van der Waals surface area contributed by atoms with Crippen LogP contribution in [0.15, 0.2) is 0 Å². The minimum Gasteiger partial charge on any atom is -0.377 e. The van der Waals surface area contributed by atoms with E-state index in [0.717, 1.165) is 13.0 Å². The maximum Gasteiger partial charge on any atom is 0.497 e. The highest BCUT2D eigenvalue weighted by Crippen LogP contribution is 2.12. The van der Waals surface area contributed by atoms with Gasteiger partial charge in [-0.2, -0.15) is 0 Å². The summed E-state index contributed by atoms with van der Waals surface area (Å²) < 4.78 is 16.3. The van der Waals surface area contributed by atoms with Crippen LogP contribution in [-0.2, 0) is 13.3 Å². The monoisotopic (exact) mass is 304 g/mol. The smallest absolute Gasteiger partial charge is 0.377 e. The van der Waals surface area contributed by atoms with Gasteiger partial charge in [0, 0.05) is 27.4 Å². The molecule has 0 unspecified atom stereocenters. The normalized spacial score (nSPS) is 12.0. The average Bonchev–Trinajstić information content (AvgIpc) is 2.48. The fourth-order valence-electron chi connectivity index (χ4n) is 2.23. The molecule has 0 aromatic rings. The number of hydrogen-bond acceptors (Lipinski definition) is 3. The van der Waals surface area contributed by atoms with Crippen LogP contribution in [-0.4, -0.2) is 29.6 Å². The van der Waals surface area contributed by atoms with E-state index in [0.29, 0.717) is 0 Å². The van der Waals surface area contributed by atoms with Crippen molar-refractivity contribution in [1.29, 1.82) is 0 Å². The van der Waals surface area contributed by atoms with E-state index < -0.39 is 8.80 Å². The van der Waals surface area contributed by atoms with Gasteiger partial charge in [-0.25, -0.2) is 0 Å². The lowest BCUT2D eigenvalue weighted by atomic mass is 10.1. The van der Waals surface area contributed by atoms with E-state index in [4.69, 9.17) is 13.3 Å². The summed E-state index contributed by atoms with van der Waals surface area (Å²) in [4.78, 5) is 0. The summed E-state index contributed by atoms with van der Waals surface area (Å²) in [5.41, 5.74) is 0. The highest BCUT2D eigenvalue weighted by molar-refractivity contribution is 6.59. The van der Waals surface area contributed by atoms with Crippen molar-refractivity contribution in [2.24, 2.45) is 0 Å². The summed E-state index contributed by atoms with van der Waals surface area (Å²) in [5, 5.41) is 0. The molecule has 0 radical (unpaired) electrons. The van der Waals surface area contributed by atoms with Crippen molar-refractivity contribution in [2.75, 3.05) is 20.8 Å². The van der Waals surface area contributed by atoms with Crippen LogP contribution in [0, 0.1) is 0 Å². The SMILES string of the molecule is CCCCCCCCCCCCCO[Si](C)(OC)OC. The second kappa shape index (κ2) is 14.1. The molecular weight excluding hydrogens is 268 g/mol. The van der Waals surface area contributed by atoms with E-state index in [1.165, 1.54) is 64.2 Å². The third-order valence-corrected chi connectivity index (χ3v) is 6.07. The fraction of sp³-hybridized carbons (Fsp3) is 1.00. The molecule has 20 heavy (non-hydrogen) atoms. The van der Waals surface area contributed by atoms with Crippen LogP contribution in [0.25, 0.3) is 0 Å². The minimum absolute atomic E-state index is 0.765. The Hall–Kier alpha value is 0.0969. The Labute approximate surface area is 127 Å². The molecule has 0 heterocycles. The van der Waals surface area contributed by atoms with E-state index in [1.54, 1.807) is 14.2 Å². The molecule has 0 aliphatic heterocycles. The predicted molar refractivity (Wildman–Crippen MR) is 88.0 cm³/mol. The van der Waals surface area contributed by atoms with Gasteiger partial charge in [-0.15, -0.1) is 0 Å². The second-order valence-electron chi connectivity index (χ2n) is 5.65. The van der Waals surface area contributed by atoms with Gasteiger partial charge >= 0.3 is 8.80 Å². The molecule has 0 aliphatic carbocycles. The molecule has 0 spiro atoms. The van der Waals surface area contributed by atoms with Gasteiger partial charge in [0.1, 0.15) is 0 Å². The molecule has 122 valence electrons. The Morgan fingerprint density at radius 3 is 1.45 bits per heavy atom. The van der Waals surface area contributed by atoms with Crippen LogP contribution in [0.2, 0.25) is 6.55 Å². The van der Waals surface area contributed by atoms with Crippen molar-refractivity contribution in [1.82, 2.24) is 0 Å². The maximum absolute atomic E-state index is 5.70. The maximum atomic E-state index is 5.70. The van der Waals surface area contributed by atoms with Gasteiger partial charge in [0.05, 0.1) is 0 Å². The third-order valence-electron chi connectivity index (χ3n) is 3.85. The molecule has 3 nitrogen and oxygen atoms in total. The Morgan fingerprint density at radius 1 is 0.650 bits per heavy atom. The zero-order valence-electron chi connectivity index (χ0n) is 14.2. The van der Waals surface area contributed by atoms with Crippen molar-refractivity contribution in [3.05, 3.63) is 0 Å². The minimum atomic E-state index is -2.29. The van der Waals surface area contributed by atoms with Crippen molar-refractivity contribution in [2.45, 2.75) is 84.1 Å². The summed E-state index contributed by atoms with van der Waals surface area (Å²) in [6, 6.07) is 0. The fourth-order valence-corrected chi connectivity index (χ4v) is 3.14. The molecule has 0 N–H and O–H groups in total. The first kappa shape index (κ1) is 20.1. The van der Waals surface area contributed by atoms with Gasteiger partial charge in [-0.3, -0.25) is 0 Å². The Morgan fingerprint density at radius 2 is 1.05 bits per heavy atom. The van der Waals surface area contributed by atoms with Gasteiger partial charge in [-0.1, -0.05) is 71.1 Å². The summed E-state index contributed by atoms with van der Waals surface area (Å²) in [6.07, 6.45) is 14.9. The zero-order chi connectivity index (χ0) is 15.1. The lowest BCUT2D eigenvalue weighted by Crippen LogP contribution is -2.40. The van der Waals surface area contributed by atoms with Crippen LogP contribution < -0.4 is 0 Å². The summed E-state index contributed by atoms with van der Waals surface area (Å²) in [6.45, 7) is 4.97. The quantitative estimate of drug-likeness (QED) is 0.308. The molecule has 0 aromatic heterocycles. The van der Waals surface area contributed by atoms with Gasteiger partial charge in [-0.05, 0) is 6.42 Å². The van der Waals surface area contributed by atoms with Crippen LogP contribution in [0.1, 0.15) is 77.6 Å². The molecule has 0 aromatic carbocycles. The van der Waals surface area contributed by atoms with Crippen LogP contribution in [0.4, 0.5) is 0 Å². The molecule has 4 heteroatoms. The molecule has 0 amide bonds. The third kappa shape index (κ3) is 11.9. The highest BCUT2D eigenvalue weighted by atomic mass is 28.4. The van der Waals surface area contributed by atoms with E-state index in [1.807, 2.05) is 6.55 Å². The van der Waals surface area contributed by atoms with Crippen molar-refractivity contribution < 1.29 is 13.3 Å². The van der Waals surface area contributed by atoms with Crippen molar-refractivity contribution >= 4 is 8.80 Å². The van der Waals surface area contributed by atoms with Gasteiger partial charge in [0.2, 0.25) is 0 Å². The molecule has 0 rings (SSSR count). The first-order valence-electron chi connectivity index (χ1n) is 8.42. The number of unbranched alkanes of at least 4 members (excludes halogenated alkanes) is 10. The van der Waals surface area contributed by atoms with E-state index in [2.05, 4.69) is 6.92 Å². The van der Waals surface area contributed by atoms with Crippen molar-refractivity contribution in [3.63, 3.8) is 0 Å². The summed E-state index contributed by atoms with van der Waals surface area (Å²) in [5.74, 6) is 0. The Bertz CT molecular complexity index is 196. The lowest BCUT2D eigenvalue weighted by Gasteiger charge is -2.21. The van der Waals surface area contributed by atoms with E-state index in [9.17, 15) is 0 Å². The molecule has 0 aliphatic rings. The van der Waals surface area contributed by atoms with Gasteiger partial charge in [0.15, 0.2) is 0 Å². The molecule has 0 bridgehead atoms. The topological polar surface area (TPSA) is 27.7 Å². The Balaban J connectivity index is 3.17. The highest BCUT2D eigenvalue weighted by Gasteiger charge is 2.31. The standard InChI is InChI=1S/C16H36O3Si/c1-5-6-7-8-9-10-11-12-13-14-15-16-19-20(4,17-2)18-3/h5-16H2,1-4H3. The summed E-state index contributed by atoms with van der Waals surface area (Å²) in [7, 11) is 1.03. The van der Waals surface area contributed by atoms with Crippen molar-refractivity contribution in [3.8, 4) is 0 Å². The first-order chi connectivity index (χ1) is 9.68. The molecule has 0 atom stereocenters. The molecule has 0 saturated heterocycles. The van der Waals surface area contributed by atoms with Crippen LogP contribution in [0.5, 0.6) is 0 Å². The van der Waals surface area contributed by atoms with E-state index >= 15 is 0 Å². The number of rotatable bonds is 15. The molecular formula is C16H36O3Si. The van der Waals surface area contributed by atoms with Gasteiger partial charge < -0.3 is 13.3 Å². The van der Waals surface area contributed by atoms with Gasteiger partial charge in [0.25, 0.3) is 0 Å². The predicted octanol–water partition coefficient (Wildman–Crippen LogP) is 5.18. The largest absolute Gasteiger partial charge is 0.497 e. The zero-order valence-corrected chi connectivity index (χ0v) is 15.2. The molecule has 0 fully saturated rings. The number of hydrogen-bond donors (Lipinski definition) is 0. The first-order valence-corrected chi connectivity index (χ1v) is 10.6. The van der Waals surface area contributed by atoms with Crippen LogP contribution in [0.3, 0.4) is 0 Å². The van der Waals surface area contributed by atoms with Crippen LogP contribution >= 0.6 is 0 Å².